The molecule has 0 spiro atoms. The Morgan fingerprint density at radius 2 is 1.53 bits per heavy atom. The predicted octanol–water partition coefficient (Wildman–Crippen LogP) is 5.85. The SMILES string of the molecule is CC(C)C[C@H](C(=O)NNc1ccccc1)[C@H](CC=Cc1ccccc1)C(=O)OC(C)(C)C. The molecule has 2 N–H and O–H groups in total. The molecule has 2 aromatic rings. The van der Waals surface area contributed by atoms with Gasteiger partial charge in [-0.1, -0.05) is 74.5 Å². The van der Waals surface area contributed by atoms with Crippen molar-refractivity contribution in [1.82, 2.24) is 5.43 Å². The molecule has 0 fully saturated rings. The molecule has 2 rings (SSSR count). The van der Waals surface area contributed by atoms with Crippen molar-refractivity contribution in [3.63, 3.8) is 0 Å². The minimum absolute atomic E-state index is 0.216. The van der Waals surface area contributed by atoms with Crippen LogP contribution in [-0.2, 0) is 14.3 Å². The van der Waals surface area contributed by atoms with Gasteiger partial charge in [-0.2, -0.15) is 0 Å². The van der Waals surface area contributed by atoms with Gasteiger partial charge in [-0.05, 0) is 57.2 Å². The van der Waals surface area contributed by atoms with Crippen LogP contribution in [0.4, 0.5) is 5.69 Å². The van der Waals surface area contributed by atoms with Crippen molar-refractivity contribution in [3.8, 4) is 0 Å². The maximum absolute atomic E-state index is 13.2. The number of hydrazine groups is 1. The average molecular weight is 437 g/mol. The fourth-order valence-electron chi connectivity index (χ4n) is 3.43. The number of rotatable bonds is 10. The average Bonchev–Trinajstić information content (AvgIpc) is 2.74. The van der Waals surface area contributed by atoms with E-state index in [9.17, 15) is 9.59 Å². The number of hydrogen-bond donors (Lipinski definition) is 2. The highest BCUT2D eigenvalue weighted by Crippen LogP contribution is 2.28. The lowest BCUT2D eigenvalue weighted by atomic mass is 9.82. The summed E-state index contributed by atoms with van der Waals surface area (Å²) in [6.45, 7) is 9.64. The third-order valence-corrected chi connectivity index (χ3v) is 4.86. The van der Waals surface area contributed by atoms with Gasteiger partial charge < -0.3 is 4.74 Å². The maximum atomic E-state index is 13.2. The quantitative estimate of drug-likeness (QED) is 0.362. The van der Waals surface area contributed by atoms with Crippen LogP contribution in [0.3, 0.4) is 0 Å². The van der Waals surface area contributed by atoms with E-state index in [1.807, 2.05) is 93.6 Å². The van der Waals surface area contributed by atoms with Gasteiger partial charge in [-0.25, -0.2) is 0 Å². The molecule has 2 aromatic carbocycles. The second-order valence-electron chi connectivity index (χ2n) is 9.41. The topological polar surface area (TPSA) is 67.4 Å². The minimum Gasteiger partial charge on any atom is -0.460 e. The molecule has 0 bridgehead atoms. The molecule has 1 amide bonds. The molecule has 5 heteroatoms. The molecule has 0 aliphatic heterocycles. The van der Waals surface area contributed by atoms with Crippen molar-refractivity contribution in [2.75, 3.05) is 5.43 Å². The van der Waals surface area contributed by atoms with Crippen molar-refractivity contribution in [1.29, 1.82) is 0 Å². The smallest absolute Gasteiger partial charge is 0.310 e. The van der Waals surface area contributed by atoms with Gasteiger partial charge in [-0.3, -0.25) is 20.4 Å². The molecule has 32 heavy (non-hydrogen) atoms. The standard InChI is InChI=1S/C27H36N2O3/c1-20(2)19-24(25(30)29-28-22-16-10-7-11-17-22)23(26(31)32-27(3,4)5)18-12-15-21-13-8-6-9-14-21/h6-17,20,23-24,28H,18-19H2,1-5H3,(H,29,30)/t23-,24-/m0/s1. The van der Waals surface area contributed by atoms with Crippen LogP contribution in [0.25, 0.3) is 6.08 Å². The number of hydrogen-bond acceptors (Lipinski definition) is 4. The van der Waals surface area contributed by atoms with Crippen molar-refractivity contribution >= 4 is 23.6 Å². The molecule has 172 valence electrons. The number of para-hydroxylation sites is 1. The zero-order valence-corrected chi connectivity index (χ0v) is 19.8. The highest BCUT2D eigenvalue weighted by atomic mass is 16.6. The molecule has 0 heterocycles. The molecule has 0 aliphatic carbocycles. The summed E-state index contributed by atoms with van der Waals surface area (Å²) in [5.74, 6) is -1.44. The van der Waals surface area contributed by atoms with Crippen LogP contribution in [0.5, 0.6) is 0 Å². The molecule has 2 atom stereocenters. The zero-order chi connectivity index (χ0) is 23.6. The van der Waals surface area contributed by atoms with Gasteiger partial charge in [-0.15, -0.1) is 0 Å². The number of nitrogens with one attached hydrogen (secondary N) is 2. The summed E-state index contributed by atoms with van der Waals surface area (Å²) in [6, 6.07) is 19.3. The summed E-state index contributed by atoms with van der Waals surface area (Å²) in [6.07, 6.45) is 4.92. The van der Waals surface area contributed by atoms with E-state index in [2.05, 4.69) is 24.7 Å². The Kier molecular flexibility index (Phi) is 9.51. The molecule has 0 radical (unpaired) electrons. The number of anilines is 1. The molecule has 0 unspecified atom stereocenters. The lowest BCUT2D eigenvalue weighted by Crippen LogP contribution is -2.42. The number of carbonyl (C=O) groups excluding carboxylic acids is 2. The Morgan fingerprint density at radius 1 is 0.938 bits per heavy atom. The van der Waals surface area contributed by atoms with Crippen molar-refractivity contribution < 1.29 is 14.3 Å². The monoisotopic (exact) mass is 436 g/mol. The number of esters is 1. The van der Waals surface area contributed by atoms with Crippen LogP contribution in [0.2, 0.25) is 0 Å². The molecule has 0 saturated carbocycles. The van der Waals surface area contributed by atoms with E-state index >= 15 is 0 Å². The van der Waals surface area contributed by atoms with Gasteiger partial charge in [0.25, 0.3) is 0 Å². The summed E-state index contributed by atoms with van der Waals surface area (Å²) >= 11 is 0. The highest BCUT2D eigenvalue weighted by Gasteiger charge is 2.36. The molecular weight excluding hydrogens is 400 g/mol. The molecule has 0 saturated heterocycles. The van der Waals surface area contributed by atoms with Crippen LogP contribution in [0, 0.1) is 17.8 Å². The third-order valence-electron chi connectivity index (χ3n) is 4.86. The van der Waals surface area contributed by atoms with E-state index in [0.29, 0.717) is 12.8 Å². The number of allylic oxidation sites excluding steroid dienone is 1. The summed E-state index contributed by atoms with van der Waals surface area (Å²) in [4.78, 5) is 26.3. The Morgan fingerprint density at radius 3 is 2.09 bits per heavy atom. The third kappa shape index (κ3) is 8.96. The number of ether oxygens (including phenoxy) is 1. The van der Waals surface area contributed by atoms with Crippen molar-refractivity contribution in [2.45, 2.75) is 53.1 Å². The van der Waals surface area contributed by atoms with E-state index in [1.54, 1.807) is 0 Å². The Hall–Kier alpha value is -3.08. The highest BCUT2D eigenvalue weighted by molar-refractivity contribution is 5.86. The zero-order valence-electron chi connectivity index (χ0n) is 19.8. The van der Waals surface area contributed by atoms with Gasteiger partial charge in [0.2, 0.25) is 5.91 Å². The Balaban J connectivity index is 2.22. The largest absolute Gasteiger partial charge is 0.460 e. The lowest BCUT2D eigenvalue weighted by molar-refractivity contribution is -0.164. The maximum Gasteiger partial charge on any atom is 0.310 e. The molecular formula is C27H36N2O3. The van der Waals surface area contributed by atoms with E-state index in [-0.39, 0.29) is 17.8 Å². The first-order valence-corrected chi connectivity index (χ1v) is 11.2. The first-order chi connectivity index (χ1) is 15.2. The lowest BCUT2D eigenvalue weighted by Gasteiger charge is -2.29. The second kappa shape index (κ2) is 12.1. The van der Waals surface area contributed by atoms with Gasteiger partial charge in [0, 0.05) is 0 Å². The number of carbonyl (C=O) groups is 2. The van der Waals surface area contributed by atoms with E-state index < -0.39 is 17.4 Å². The summed E-state index contributed by atoms with van der Waals surface area (Å²) in [7, 11) is 0. The van der Waals surface area contributed by atoms with Crippen LogP contribution in [-0.4, -0.2) is 17.5 Å². The minimum atomic E-state index is -0.625. The summed E-state index contributed by atoms with van der Waals surface area (Å²) < 4.78 is 5.70. The normalized spacial score (nSPS) is 13.6. The molecule has 0 aromatic heterocycles. The van der Waals surface area contributed by atoms with E-state index in [0.717, 1.165) is 11.3 Å². The summed E-state index contributed by atoms with van der Waals surface area (Å²) in [5, 5.41) is 0. The van der Waals surface area contributed by atoms with Crippen LogP contribution >= 0.6 is 0 Å². The number of amides is 1. The van der Waals surface area contributed by atoms with Crippen molar-refractivity contribution in [2.24, 2.45) is 17.8 Å². The van der Waals surface area contributed by atoms with Gasteiger partial charge in [0.1, 0.15) is 5.60 Å². The predicted molar refractivity (Wildman–Crippen MR) is 131 cm³/mol. The Labute approximate surface area is 192 Å². The van der Waals surface area contributed by atoms with Crippen LogP contribution in [0.1, 0.15) is 53.0 Å². The second-order valence-corrected chi connectivity index (χ2v) is 9.41. The van der Waals surface area contributed by atoms with Gasteiger partial charge >= 0.3 is 5.97 Å². The van der Waals surface area contributed by atoms with E-state index in [1.165, 1.54) is 0 Å². The van der Waals surface area contributed by atoms with Crippen LogP contribution < -0.4 is 10.9 Å². The van der Waals surface area contributed by atoms with Gasteiger partial charge in [0.05, 0.1) is 17.5 Å². The fraction of sp³-hybridized carbons (Fsp3) is 0.407. The Bertz CT molecular complexity index is 871. The summed E-state index contributed by atoms with van der Waals surface area (Å²) in [5.41, 5.74) is 6.94. The van der Waals surface area contributed by atoms with Gasteiger partial charge in [0.15, 0.2) is 0 Å². The first kappa shape index (κ1) is 25.2. The molecule has 5 nitrogen and oxygen atoms in total. The van der Waals surface area contributed by atoms with E-state index in [4.69, 9.17) is 4.74 Å². The van der Waals surface area contributed by atoms with Crippen LogP contribution in [0.15, 0.2) is 66.7 Å². The fourth-order valence-corrected chi connectivity index (χ4v) is 3.43. The number of benzene rings is 2. The molecule has 0 aliphatic rings. The first-order valence-electron chi connectivity index (χ1n) is 11.2. The van der Waals surface area contributed by atoms with Crippen molar-refractivity contribution in [3.05, 3.63) is 72.3 Å².